The van der Waals surface area contributed by atoms with Gasteiger partial charge in [-0.1, -0.05) is 12.1 Å². The van der Waals surface area contributed by atoms with Gasteiger partial charge < -0.3 is 8.84 Å². The van der Waals surface area contributed by atoms with E-state index in [-0.39, 0.29) is 0 Å². The largest absolute Gasteiger partial charge is 0.543 e. The minimum absolute atomic E-state index is 0.827. The van der Waals surface area contributed by atoms with Gasteiger partial charge in [-0.2, -0.15) is 0 Å². The molecular weight excluding hydrogens is 266 g/mol. The molecular formula is C16H21NO2Si. The molecule has 3 nitrogen and oxygen atoms in total. The molecule has 20 heavy (non-hydrogen) atoms. The van der Waals surface area contributed by atoms with Crippen molar-refractivity contribution >= 4 is 19.7 Å². The van der Waals surface area contributed by atoms with Crippen molar-refractivity contribution in [2.75, 3.05) is 0 Å². The van der Waals surface area contributed by atoms with Crippen molar-refractivity contribution in [3.05, 3.63) is 47.9 Å². The third-order valence-corrected chi connectivity index (χ3v) is 3.59. The first-order valence-corrected chi connectivity index (χ1v) is 10.2. The number of hydrogen-bond acceptors (Lipinski definition) is 3. The number of nitrogens with zero attached hydrogens (tertiary/aromatic N) is 1. The zero-order valence-electron chi connectivity index (χ0n) is 12.7. The number of furan rings is 1. The number of aryl methyl sites for hydroxylation is 1. The van der Waals surface area contributed by atoms with Crippen LogP contribution in [0.3, 0.4) is 0 Å². The molecule has 0 amide bonds. The third kappa shape index (κ3) is 3.60. The summed E-state index contributed by atoms with van der Waals surface area (Å²) >= 11 is 0. The zero-order valence-corrected chi connectivity index (χ0v) is 13.7. The average Bonchev–Trinajstić information content (AvgIpc) is 2.76. The highest BCUT2D eigenvalue weighted by molar-refractivity contribution is 6.70. The van der Waals surface area contributed by atoms with E-state index in [0.717, 1.165) is 28.5 Å². The molecule has 1 heterocycles. The first-order chi connectivity index (χ1) is 9.37. The minimum atomic E-state index is -1.65. The van der Waals surface area contributed by atoms with E-state index in [4.69, 9.17) is 8.84 Å². The molecule has 1 aromatic heterocycles. The Labute approximate surface area is 121 Å². The zero-order chi connectivity index (χ0) is 14.8. The van der Waals surface area contributed by atoms with Gasteiger partial charge in [-0.15, -0.1) is 0 Å². The molecule has 2 rings (SSSR count). The summed E-state index contributed by atoms with van der Waals surface area (Å²) in [4.78, 5) is 4.67. The number of aliphatic imine (C=N–C) groups is 1. The first-order valence-electron chi connectivity index (χ1n) is 6.74. The highest BCUT2D eigenvalue weighted by atomic mass is 28.4. The standard InChI is InChI=1S/C16H21NO2Si/c1-12-10-11-18-16(12)13(2)17-14-8-6-7-9-15(14)19-20(3,4)5/h6-11H,1-5H3. The van der Waals surface area contributed by atoms with E-state index in [1.54, 1.807) is 6.26 Å². The molecule has 2 aromatic rings. The highest BCUT2D eigenvalue weighted by Crippen LogP contribution is 2.30. The van der Waals surface area contributed by atoms with Crippen molar-refractivity contribution in [2.45, 2.75) is 33.5 Å². The maximum atomic E-state index is 6.08. The van der Waals surface area contributed by atoms with E-state index in [0.29, 0.717) is 0 Å². The lowest BCUT2D eigenvalue weighted by molar-refractivity contribution is 0.554. The van der Waals surface area contributed by atoms with Gasteiger partial charge in [0.1, 0.15) is 11.4 Å². The van der Waals surface area contributed by atoms with Gasteiger partial charge in [0.25, 0.3) is 0 Å². The third-order valence-electron chi connectivity index (χ3n) is 2.76. The second-order valence-corrected chi connectivity index (χ2v) is 10.2. The fourth-order valence-electron chi connectivity index (χ4n) is 1.94. The van der Waals surface area contributed by atoms with Crippen LogP contribution in [0, 0.1) is 6.92 Å². The van der Waals surface area contributed by atoms with E-state index >= 15 is 0 Å². The van der Waals surface area contributed by atoms with E-state index in [2.05, 4.69) is 24.6 Å². The number of rotatable bonds is 4. The Hall–Kier alpha value is -1.81. The molecule has 1 aromatic carbocycles. The molecule has 0 radical (unpaired) electrons. The molecule has 0 unspecified atom stereocenters. The molecule has 0 aliphatic rings. The molecule has 0 aliphatic carbocycles. The Morgan fingerprint density at radius 3 is 2.45 bits per heavy atom. The molecule has 4 heteroatoms. The van der Waals surface area contributed by atoms with Gasteiger partial charge in [-0.05, 0) is 57.3 Å². The topological polar surface area (TPSA) is 34.7 Å². The van der Waals surface area contributed by atoms with Gasteiger partial charge in [0.15, 0.2) is 5.76 Å². The highest BCUT2D eigenvalue weighted by Gasteiger charge is 2.18. The predicted octanol–water partition coefficient (Wildman–Crippen LogP) is 4.94. The van der Waals surface area contributed by atoms with Crippen LogP contribution in [0.5, 0.6) is 5.75 Å². The normalized spacial score (nSPS) is 12.6. The molecule has 0 spiro atoms. The monoisotopic (exact) mass is 287 g/mol. The Morgan fingerprint density at radius 1 is 1.15 bits per heavy atom. The summed E-state index contributed by atoms with van der Waals surface area (Å²) in [5.41, 5.74) is 2.80. The second kappa shape index (κ2) is 5.67. The maximum absolute atomic E-state index is 6.08. The van der Waals surface area contributed by atoms with Crippen LogP contribution in [0.25, 0.3) is 0 Å². The summed E-state index contributed by atoms with van der Waals surface area (Å²) in [5.74, 6) is 1.67. The number of benzene rings is 1. The van der Waals surface area contributed by atoms with Gasteiger partial charge in [0.2, 0.25) is 8.32 Å². The number of para-hydroxylation sites is 2. The van der Waals surface area contributed by atoms with Crippen LogP contribution < -0.4 is 4.43 Å². The van der Waals surface area contributed by atoms with E-state index < -0.39 is 8.32 Å². The molecule has 0 saturated heterocycles. The van der Waals surface area contributed by atoms with Crippen LogP contribution >= 0.6 is 0 Å². The predicted molar refractivity (Wildman–Crippen MR) is 85.7 cm³/mol. The Kier molecular flexibility index (Phi) is 4.14. The summed E-state index contributed by atoms with van der Waals surface area (Å²) in [6, 6.07) is 9.83. The van der Waals surface area contributed by atoms with Crippen LogP contribution in [0.2, 0.25) is 19.6 Å². The van der Waals surface area contributed by atoms with Crippen LogP contribution in [0.4, 0.5) is 5.69 Å². The number of hydrogen-bond donors (Lipinski definition) is 0. The van der Waals surface area contributed by atoms with Gasteiger partial charge in [0.05, 0.1) is 12.0 Å². The van der Waals surface area contributed by atoms with Crippen molar-refractivity contribution in [3.8, 4) is 5.75 Å². The summed E-state index contributed by atoms with van der Waals surface area (Å²) < 4.78 is 11.6. The van der Waals surface area contributed by atoms with Gasteiger partial charge in [0, 0.05) is 0 Å². The first kappa shape index (κ1) is 14.6. The molecule has 0 bridgehead atoms. The summed E-state index contributed by atoms with van der Waals surface area (Å²) in [7, 11) is -1.65. The lowest BCUT2D eigenvalue weighted by Gasteiger charge is -2.20. The molecule has 0 atom stereocenters. The van der Waals surface area contributed by atoms with Crippen molar-refractivity contribution in [3.63, 3.8) is 0 Å². The lowest BCUT2D eigenvalue weighted by atomic mass is 10.2. The Balaban J connectivity index is 2.36. The second-order valence-electron chi connectivity index (χ2n) is 5.81. The Bertz CT molecular complexity index is 623. The van der Waals surface area contributed by atoms with Gasteiger partial charge in [-0.25, -0.2) is 4.99 Å². The SMILES string of the molecule is CC(=Nc1ccccc1O[Si](C)(C)C)c1occc1C. The van der Waals surface area contributed by atoms with Crippen molar-refractivity contribution in [1.82, 2.24) is 0 Å². The maximum Gasteiger partial charge on any atom is 0.242 e. The molecule has 0 fully saturated rings. The minimum Gasteiger partial charge on any atom is -0.543 e. The van der Waals surface area contributed by atoms with Crippen LogP contribution in [-0.2, 0) is 0 Å². The van der Waals surface area contributed by atoms with Crippen LogP contribution in [-0.4, -0.2) is 14.0 Å². The van der Waals surface area contributed by atoms with Crippen molar-refractivity contribution < 1.29 is 8.84 Å². The fraction of sp³-hybridized carbons (Fsp3) is 0.312. The Morgan fingerprint density at radius 2 is 1.85 bits per heavy atom. The fourth-order valence-corrected chi connectivity index (χ4v) is 2.77. The van der Waals surface area contributed by atoms with Gasteiger partial charge in [-0.3, -0.25) is 0 Å². The smallest absolute Gasteiger partial charge is 0.242 e. The van der Waals surface area contributed by atoms with Crippen LogP contribution in [0.1, 0.15) is 18.2 Å². The van der Waals surface area contributed by atoms with Crippen molar-refractivity contribution in [1.29, 1.82) is 0 Å². The van der Waals surface area contributed by atoms with E-state index in [1.807, 2.05) is 44.2 Å². The average molecular weight is 287 g/mol. The summed E-state index contributed by atoms with van der Waals surface area (Å²) in [5, 5.41) is 0. The summed E-state index contributed by atoms with van der Waals surface area (Å²) in [6.07, 6.45) is 1.69. The summed E-state index contributed by atoms with van der Waals surface area (Å²) in [6.45, 7) is 10.5. The molecule has 106 valence electrons. The van der Waals surface area contributed by atoms with E-state index in [9.17, 15) is 0 Å². The molecule has 0 aliphatic heterocycles. The molecule has 0 N–H and O–H groups in total. The van der Waals surface area contributed by atoms with Crippen molar-refractivity contribution in [2.24, 2.45) is 4.99 Å². The van der Waals surface area contributed by atoms with Crippen LogP contribution in [0.15, 0.2) is 46.0 Å². The van der Waals surface area contributed by atoms with E-state index in [1.165, 1.54) is 0 Å². The van der Waals surface area contributed by atoms with Gasteiger partial charge >= 0.3 is 0 Å². The quantitative estimate of drug-likeness (QED) is 0.589. The molecule has 0 saturated carbocycles. The lowest BCUT2D eigenvalue weighted by Crippen LogP contribution is -2.29.